The van der Waals surface area contributed by atoms with E-state index in [9.17, 15) is 0 Å². The Balaban J connectivity index is 2.00. The van der Waals surface area contributed by atoms with Crippen molar-refractivity contribution in [1.29, 1.82) is 0 Å². The van der Waals surface area contributed by atoms with E-state index in [-0.39, 0.29) is 0 Å². The molecule has 0 bridgehead atoms. The normalized spacial score (nSPS) is 20.2. The predicted molar refractivity (Wildman–Crippen MR) is 78.8 cm³/mol. The summed E-state index contributed by atoms with van der Waals surface area (Å²) >= 11 is 9.67. The zero-order chi connectivity index (χ0) is 12.5. The van der Waals surface area contributed by atoms with Crippen LogP contribution in [0.4, 0.5) is 5.69 Å². The van der Waals surface area contributed by atoms with Crippen LogP contribution in [0.15, 0.2) is 22.7 Å². The Kier molecular flexibility index (Phi) is 4.04. The largest absolute Gasteiger partial charge is 0.381 e. The molecule has 1 N–H and O–H groups in total. The quantitative estimate of drug-likeness (QED) is 0.761. The summed E-state index contributed by atoms with van der Waals surface area (Å²) in [7, 11) is 0. The molecule has 0 spiro atoms. The van der Waals surface area contributed by atoms with E-state index in [1.54, 1.807) is 0 Å². The number of rotatable bonds is 2. The minimum Gasteiger partial charge on any atom is -0.381 e. The molecule has 0 aromatic heterocycles. The number of halogens is 2. The van der Waals surface area contributed by atoms with E-state index in [0.29, 0.717) is 11.5 Å². The third-order valence-electron chi connectivity index (χ3n) is 3.63. The highest BCUT2D eigenvalue weighted by Crippen LogP contribution is 2.37. The van der Waals surface area contributed by atoms with Gasteiger partial charge in [-0.15, -0.1) is 0 Å². The molecule has 0 amide bonds. The Morgan fingerprint density at radius 1 is 1.29 bits per heavy atom. The maximum Gasteiger partial charge on any atom is 0.0638 e. The lowest BCUT2D eigenvalue weighted by Gasteiger charge is -2.35. The molecule has 1 fully saturated rings. The molecule has 0 unspecified atom stereocenters. The summed E-state index contributed by atoms with van der Waals surface area (Å²) in [6, 6.07) is 6.52. The van der Waals surface area contributed by atoms with Gasteiger partial charge in [-0.25, -0.2) is 0 Å². The number of benzene rings is 1. The number of hydrogen-bond acceptors (Lipinski definition) is 1. The fourth-order valence-corrected chi connectivity index (χ4v) is 2.90. The lowest BCUT2D eigenvalue weighted by atomic mass is 9.75. The van der Waals surface area contributed by atoms with Crippen LogP contribution in [0, 0.1) is 5.41 Å². The summed E-state index contributed by atoms with van der Waals surface area (Å²) in [6.45, 7) is 4.71. The Labute approximate surface area is 117 Å². The van der Waals surface area contributed by atoms with Crippen molar-refractivity contribution in [2.45, 2.75) is 45.6 Å². The molecular weight excluding hydrogens is 298 g/mol. The molecule has 1 nitrogen and oxygen atoms in total. The highest BCUT2D eigenvalue weighted by Gasteiger charge is 2.26. The van der Waals surface area contributed by atoms with Gasteiger partial charge in [0.2, 0.25) is 0 Å². The number of anilines is 1. The van der Waals surface area contributed by atoms with Crippen LogP contribution in [0.2, 0.25) is 5.02 Å². The van der Waals surface area contributed by atoms with E-state index in [4.69, 9.17) is 11.6 Å². The Morgan fingerprint density at radius 3 is 2.59 bits per heavy atom. The minimum absolute atomic E-state index is 0.513. The molecule has 1 aromatic carbocycles. The lowest BCUT2D eigenvalue weighted by molar-refractivity contribution is 0.232. The molecule has 1 aromatic rings. The topological polar surface area (TPSA) is 12.0 Å². The molecule has 2 rings (SSSR count). The Morgan fingerprint density at radius 2 is 1.94 bits per heavy atom. The van der Waals surface area contributed by atoms with E-state index < -0.39 is 0 Å². The molecule has 94 valence electrons. The van der Waals surface area contributed by atoms with Crippen LogP contribution in [0.5, 0.6) is 0 Å². The summed E-state index contributed by atoms with van der Waals surface area (Å²) in [5.41, 5.74) is 1.56. The van der Waals surface area contributed by atoms with Crippen molar-refractivity contribution < 1.29 is 0 Å². The van der Waals surface area contributed by atoms with Gasteiger partial charge in [-0.2, -0.15) is 0 Å². The Hall–Kier alpha value is -0.210. The third kappa shape index (κ3) is 3.62. The minimum atomic E-state index is 0.513. The highest BCUT2D eigenvalue weighted by molar-refractivity contribution is 9.10. The van der Waals surface area contributed by atoms with Crippen molar-refractivity contribution in [2.75, 3.05) is 5.32 Å². The summed E-state index contributed by atoms with van der Waals surface area (Å²) in [4.78, 5) is 0. The summed E-state index contributed by atoms with van der Waals surface area (Å²) in [5.74, 6) is 0. The van der Waals surface area contributed by atoms with Gasteiger partial charge in [0.05, 0.1) is 10.7 Å². The average Bonchev–Trinajstić information content (AvgIpc) is 2.26. The fourth-order valence-electron chi connectivity index (χ4n) is 2.37. The van der Waals surface area contributed by atoms with Crippen molar-refractivity contribution >= 4 is 33.2 Å². The molecule has 0 saturated heterocycles. The number of nitrogens with one attached hydrogen (secondary N) is 1. The van der Waals surface area contributed by atoms with Crippen molar-refractivity contribution in [1.82, 2.24) is 0 Å². The maximum atomic E-state index is 6.19. The lowest BCUT2D eigenvalue weighted by Crippen LogP contribution is -2.29. The standard InChI is InChI=1S/C14H19BrClN/c1-14(2)7-5-11(6-8-14)17-13-9-10(15)3-4-12(13)16/h3-4,9,11,17H,5-8H2,1-2H3. The van der Waals surface area contributed by atoms with Gasteiger partial charge in [-0.1, -0.05) is 41.4 Å². The van der Waals surface area contributed by atoms with Gasteiger partial charge in [0.1, 0.15) is 0 Å². The van der Waals surface area contributed by atoms with E-state index in [2.05, 4.69) is 41.2 Å². The molecule has 0 radical (unpaired) electrons. The zero-order valence-corrected chi connectivity index (χ0v) is 12.7. The van der Waals surface area contributed by atoms with Crippen LogP contribution in [0.1, 0.15) is 39.5 Å². The maximum absolute atomic E-state index is 6.19. The SMILES string of the molecule is CC1(C)CCC(Nc2cc(Br)ccc2Cl)CC1. The third-order valence-corrected chi connectivity index (χ3v) is 4.45. The molecule has 1 saturated carbocycles. The predicted octanol–water partition coefficient (Wildman–Crippen LogP) is 5.48. The second-order valence-corrected chi connectivity index (χ2v) is 7.03. The fraction of sp³-hybridized carbons (Fsp3) is 0.571. The first-order chi connectivity index (χ1) is 7.96. The van der Waals surface area contributed by atoms with Crippen molar-refractivity contribution in [3.05, 3.63) is 27.7 Å². The molecule has 0 atom stereocenters. The second kappa shape index (κ2) is 5.19. The highest BCUT2D eigenvalue weighted by atomic mass is 79.9. The van der Waals surface area contributed by atoms with Crippen LogP contribution >= 0.6 is 27.5 Å². The molecule has 0 aliphatic heterocycles. The van der Waals surface area contributed by atoms with Gasteiger partial charge in [0, 0.05) is 10.5 Å². The van der Waals surface area contributed by atoms with Gasteiger partial charge in [0.25, 0.3) is 0 Å². The zero-order valence-electron chi connectivity index (χ0n) is 10.4. The van der Waals surface area contributed by atoms with Gasteiger partial charge >= 0.3 is 0 Å². The first kappa shape index (κ1) is 13.2. The van der Waals surface area contributed by atoms with Crippen LogP contribution < -0.4 is 5.32 Å². The average molecular weight is 317 g/mol. The van der Waals surface area contributed by atoms with Gasteiger partial charge in [-0.3, -0.25) is 0 Å². The van der Waals surface area contributed by atoms with Crippen LogP contribution in [0.25, 0.3) is 0 Å². The molecule has 0 heterocycles. The summed E-state index contributed by atoms with van der Waals surface area (Å²) in [5, 5.41) is 4.37. The van der Waals surface area contributed by atoms with Crippen LogP contribution in [-0.2, 0) is 0 Å². The van der Waals surface area contributed by atoms with Gasteiger partial charge < -0.3 is 5.32 Å². The van der Waals surface area contributed by atoms with E-state index in [0.717, 1.165) is 15.2 Å². The molecule has 1 aliphatic carbocycles. The Bertz CT molecular complexity index is 393. The molecule has 1 aliphatic rings. The van der Waals surface area contributed by atoms with Crippen LogP contribution in [-0.4, -0.2) is 6.04 Å². The monoisotopic (exact) mass is 315 g/mol. The van der Waals surface area contributed by atoms with Crippen molar-refractivity contribution in [2.24, 2.45) is 5.41 Å². The molecule has 3 heteroatoms. The second-order valence-electron chi connectivity index (χ2n) is 5.71. The van der Waals surface area contributed by atoms with E-state index >= 15 is 0 Å². The van der Waals surface area contributed by atoms with Crippen LogP contribution in [0.3, 0.4) is 0 Å². The van der Waals surface area contributed by atoms with Gasteiger partial charge in [0.15, 0.2) is 0 Å². The number of hydrogen-bond donors (Lipinski definition) is 1. The van der Waals surface area contributed by atoms with Crippen molar-refractivity contribution in [3.63, 3.8) is 0 Å². The summed E-state index contributed by atoms with van der Waals surface area (Å²) < 4.78 is 1.07. The first-order valence-corrected chi connectivity index (χ1v) is 7.35. The van der Waals surface area contributed by atoms with Crippen molar-refractivity contribution in [3.8, 4) is 0 Å². The smallest absolute Gasteiger partial charge is 0.0638 e. The summed E-state index contributed by atoms with van der Waals surface area (Å²) in [6.07, 6.45) is 5.04. The molecule has 17 heavy (non-hydrogen) atoms. The van der Waals surface area contributed by atoms with E-state index in [1.165, 1.54) is 25.7 Å². The van der Waals surface area contributed by atoms with E-state index in [1.807, 2.05) is 12.1 Å². The molecular formula is C14H19BrClN. The van der Waals surface area contributed by atoms with Gasteiger partial charge in [-0.05, 0) is 49.3 Å². The first-order valence-electron chi connectivity index (χ1n) is 6.18.